The number of pyridine rings is 1. The Balaban J connectivity index is 0.000000541. The number of hydrogen-bond donors (Lipinski definition) is 4. The molecule has 224 valence electrons. The molecule has 17 heteroatoms. The van der Waals surface area contributed by atoms with Crippen LogP contribution in [0, 0.1) is 6.92 Å². The predicted octanol–water partition coefficient (Wildman–Crippen LogP) is 5.30. The van der Waals surface area contributed by atoms with Crippen molar-refractivity contribution >= 4 is 57.7 Å². The first kappa shape index (κ1) is 31.5. The van der Waals surface area contributed by atoms with Crippen molar-refractivity contribution in [2.75, 3.05) is 6.54 Å². The fourth-order valence-corrected chi connectivity index (χ4v) is 4.66. The number of amides is 1. The second-order valence-electron chi connectivity index (χ2n) is 8.86. The third-order valence-electron chi connectivity index (χ3n) is 5.84. The van der Waals surface area contributed by atoms with Crippen molar-refractivity contribution in [2.45, 2.75) is 19.0 Å². The summed E-state index contributed by atoms with van der Waals surface area (Å²) in [5, 5.41) is 15.2. The molecular formula is C26H19Cl3F3N7O4. The lowest BCUT2D eigenvalue weighted by Gasteiger charge is -2.17. The monoisotopic (exact) mass is 655 g/mol. The number of fused-ring (bicyclic) bond motifs is 1. The normalized spacial score (nSPS) is 12.0. The van der Waals surface area contributed by atoms with Gasteiger partial charge in [0.25, 0.3) is 5.91 Å². The Kier molecular flexibility index (Phi) is 9.43. The highest BCUT2D eigenvalue weighted by molar-refractivity contribution is 6.40. The number of benzene rings is 2. The minimum Gasteiger partial charge on any atom is -0.475 e. The summed E-state index contributed by atoms with van der Waals surface area (Å²) in [6.45, 7) is 1.91. The smallest absolute Gasteiger partial charge is 0.475 e. The molecule has 43 heavy (non-hydrogen) atoms. The molecule has 0 saturated carbocycles. The number of alkyl halides is 3. The third kappa shape index (κ3) is 7.71. The van der Waals surface area contributed by atoms with E-state index in [1.54, 1.807) is 49.5 Å². The molecule has 1 unspecified atom stereocenters. The average molecular weight is 657 g/mol. The Morgan fingerprint density at radius 2 is 1.77 bits per heavy atom. The lowest BCUT2D eigenvalue weighted by atomic mass is 10.00. The van der Waals surface area contributed by atoms with Crippen molar-refractivity contribution in [3.63, 3.8) is 0 Å². The molecule has 0 aliphatic carbocycles. The maximum absolute atomic E-state index is 13.2. The zero-order chi connectivity index (χ0) is 31.5. The van der Waals surface area contributed by atoms with Crippen molar-refractivity contribution in [3.8, 4) is 5.69 Å². The molecular weight excluding hydrogens is 638 g/mol. The Morgan fingerprint density at radius 3 is 2.33 bits per heavy atom. The summed E-state index contributed by atoms with van der Waals surface area (Å²) < 4.78 is 33.3. The Labute approximate surface area is 254 Å². The number of imidazole rings is 1. The fraction of sp³-hybridized carbons (Fsp3) is 0.154. The number of aromatic amines is 2. The van der Waals surface area contributed by atoms with Gasteiger partial charge in [-0.05, 0) is 42.8 Å². The van der Waals surface area contributed by atoms with E-state index in [9.17, 15) is 22.8 Å². The van der Waals surface area contributed by atoms with E-state index in [0.29, 0.717) is 22.4 Å². The van der Waals surface area contributed by atoms with Crippen LogP contribution in [0.1, 0.15) is 33.5 Å². The van der Waals surface area contributed by atoms with E-state index in [-0.39, 0.29) is 27.7 Å². The standard InChI is InChI=1S/C24H18Cl3N7O2.C2HF3O2/c1-12-30-11-34(33-12)15-7-17(26)22(18(27)8-15)24(36)29-10-16(13-2-5-21(35)28-9-13)23-31-19-4-3-14(25)6-20(19)32-23;3-2(4,5)1(6)7/h2-9,11,16H,10H2,1H3,(H,28,35)(H,29,36)(H,31,32);(H,6,7). The van der Waals surface area contributed by atoms with Gasteiger partial charge in [-0.15, -0.1) is 0 Å². The first-order chi connectivity index (χ1) is 20.2. The van der Waals surface area contributed by atoms with Crippen LogP contribution in [0.4, 0.5) is 13.2 Å². The minimum atomic E-state index is -5.08. The van der Waals surface area contributed by atoms with E-state index in [4.69, 9.17) is 44.7 Å². The number of carboxylic acid groups (broad SMARTS) is 1. The summed E-state index contributed by atoms with van der Waals surface area (Å²) in [5.41, 5.74) is 2.70. The highest BCUT2D eigenvalue weighted by atomic mass is 35.5. The maximum Gasteiger partial charge on any atom is 0.490 e. The Hall–Kier alpha value is -4.40. The molecule has 1 amide bonds. The van der Waals surface area contributed by atoms with Crippen LogP contribution in [-0.2, 0) is 4.79 Å². The largest absolute Gasteiger partial charge is 0.490 e. The number of aryl methyl sites for hydroxylation is 1. The quantitative estimate of drug-likeness (QED) is 0.193. The molecule has 0 aliphatic rings. The summed E-state index contributed by atoms with van der Waals surface area (Å²) >= 11 is 19.0. The Bertz CT molecular complexity index is 1830. The number of carbonyl (C=O) groups is 2. The highest BCUT2D eigenvalue weighted by Gasteiger charge is 2.38. The average Bonchev–Trinajstić information content (AvgIpc) is 3.55. The zero-order valence-electron chi connectivity index (χ0n) is 21.7. The van der Waals surface area contributed by atoms with Crippen LogP contribution in [-0.4, -0.2) is 59.4 Å². The molecule has 0 spiro atoms. The predicted molar refractivity (Wildman–Crippen MR) is 152 cm³/mol. The number of halogens is 6. The van der Waals surface area contributed by atoms with Crippen LogP contribution in [0.3, 0.4) is 0 Å². The summed E-state index contributed by atoms with van der Waals surface area (Å²) in [7, 11) is 0. The molecule has 0 bridgehead atoms. The number of aromatic nitrogens is 6. The number of carboxylic acids is 1. The molecule has 2 aromatic carbocycles. The Morgan fingerprint density at radius 1 is 1.09 bits per heavy atom. The van der Waals surface area contributed by atoms with Crippen molar-refractivity contribution in [1.82, 2.24) is 35.0 Å². The number of aliphatic carboxylic acids is 1. The van der Waals surface area contributed by atoms with Gasteiger partial charge in [-0.1, -0.05) is 40.9 Å². The molecule has 3 aromatic heterocycles. The minimum absolute atomic E-state index is 0.135. The van der Waals surface area contributed by atoms with Gasteiger partial charge in [-0.25, -0.2) is 19.4 Å². The van der Waals surface area contributed by atoms with E-state index in [1.165, 1.54) is 17.1 Å². The van der Waals surface area contributed by atoms with Gasteiger partial charge < -0.3 is 20.4 Å². The second-order valence-corrected chi connectivity index (χ2v) is 10.1. The van der Waals surface area contributed by atoms with Crippen LogP contribution >= 0.6 is 34.8 Å². The molecule has 0 fully saturated rings. The van der Waals surface area contributed by atoms with Crippen LogP contribution in [0.5, 0.6) is 0 Å². The van der Waals surface area contributed by atoms with Crippen molar-refractivity contribution < 1.29 is 27.9 Å². The van der Waals surface area contributed by atoms with Crippen LogP contribution < -0.4 is 10.9 Å². The zero-order valence-corrected chi connectivity index (χ0v) is 24.0. The summed E-state index contributed by atoms with van der Waals surface area (Å²) in [4.78, 5) is 48.3. The lowest BCUT2D eigenvalue weighted by molar-refractivity contribution is -0.192. The fourth-order valence-electron chi connectivity index (χ4n) is 3.84. The molecule has 11 nitrogen and oxygen atoms in total. The maximum atomic E-state index is 13.2. The van der Waals surface area contributed by atoms with E-state index in [0.717, 1.165) is 16.6 Å². The van der Waals surface area contributed by atoms with Gasteiger partial charge >= 0.3 is 12.1 Å². The summed E-state index contributed by atoms with van der Waals surface area (Å²) in [5.74, 6) is -2.45. The van der Waals surface area contributed by atoms with Crippen molar-refractivity contribution in [1.29, 1.82) is 0 Å². The van der Waals surface area contributed by atoms with Gasteiger partial charge in [0.15, 0.2) is 0 Å². The molecule has 4 N–H and O–H groups in total. The molecule has 0 radical (unpaired) electrons. The van der Waals surface area contributed by atoms with Gasteiger partial charge in [0.05, 0.1) is 38.2 Å². The van der Waals surface area contributed by atoms with Gasteiger partial charge in [0.2, 0.25) is 5.56 Å². The summed E-state index contributed by atoms with van der Waals surface area (Å²) in [6, 6.07) is 11.6. The first-order valence-corrected chi connectivity index (χ1v) is 13.2. The number of carbonyl (C=O) groups excluding carboxylic acids is 1. The SMILES string of the molecule is Cc1ncn(-c2cc(Cl)c(C(=O)NCC(c3ccc(=O)[nH]c3)c3nc4ccc(Cl)cc4[nH]3)c(Cl)c2)n1.O=C(O)C(F)(F)F. The van der Waals surface area contributed by atoms with Crippen molar-refractivity contribution in [3.05, 3.63) is 103 Å². The number of nitrogens with zero attached hydrogens (tertiary/aromatic N) is 4. The molecule has 5 aromatic rings. The van der Waals surface area contributed by atoms with Gasteiger partial charge in [0, 0.05) is 23.8 Å². The number of nitrogens with one attached hydrogen (secondary N) is 3. The summed E-state index contributed by atoms with van der Waals surface area (Å²) in [6.07, 6.45) is -1.96. The van der Waals surface area contributed by atoms with Gasteiger partial charge in [0.1, 0.15) is 18.0 Å². The topological polar surface area (TPSA) is 159 Å². The number of rotatable bonds is 6. The molecule has 0 saturated heterocycles. The van der Waals surface area contributed by atoms with Crippen LogP contribution in [0.25, 0.3) is 16.7 Å². The van der Waals surface area contributed by atoms with E-state index >= 15 is 0 Å². The highest BCUT2D eigenvalue weighted by Crippen LogP contribution is 2.29. The molecule has 3 heterocycles. The second kappa shape index (κ2) is 12.9. The van der Waals surface area contributed by atoms with Gasteiger partial charge in [-0.3, -0.25) is 9.59 Å². The van der Waals surface area contributed by atoms with Crippen molar-refractivity contribution in [2.24, 2.45) is 0 Å². The molecule has 1 atom stereocenters. The van der Waals surface area contributed by atoms with Crippen LogP contribution in [0.2, 0.25) is 15.1 Å². The molecule has 0 aliphatic heterocycles. The molecule has 5 rings (SSSR count). The van der Waals surface area contributed by atoms with Gasteiger partial charge in [-0.2, -0.15) is 18.3 Å². The number of H-pyrrole nitrogens is 2. The lowest BCUT2D eigenvalue weighted by Crippen LogP contribution is -2.30. The first-order valence-electron chi connectivity index (χ1n) is 12.0. The third-order valence-corrected chi connectivity index (χ3v) is 6.67. The van der Waals surface area contributed by atoms with E-state index < -0.39 is 24.0 Å². The number of hydrogen-bond acceptors (Lipinski definition) is 6. The van der Waals surface area contributed by atoms with E-state index in [1.807, 2.05) is 0 Å². The van der Waals surface area contributed by atoms with Crippen LogP contribution in [0.15, 0.2) is 59.8 Å². The van der Waals surface area contributed by atoms with E-state index in [2.05, 4.69) is 30.4 Å².